The normalized spacial score (nSPS) is 10.6. The molecule has 1 aromatic heterocycles. The predicted molar refractivity (Wildman–Crippen MR) is 133 cm³/mol. The minimum atomic E-state index is -0.403. The zero-order chi connectivity index (χ0) is 24.1. The predicted octanol–water partition coefficient (Wildman–Crippen LogP) is 3.96. The number of fused-ring (bicyclic) bond motifs is 1. The molecule has 0 aliphatic rings. The Bertz CT molecular complexity index is 1340. The minimum absolute atomic E-state index is 0.140. The number of hydrogen-bond acceptors (Lipinski definition) is 7. The molecule has 3 aromatic carbocycles. The van der Waals surface area contributed by atoms with E-state index in [9.17, 15) is 4.79 Å². The third kappa shape index (κ3) is 5.07. The molecule has 0 atom stereocenters. The summed E-state index contributed by atoms with van der Waals surface area (Å²) >= 11 is 5.32. The molecule has 4 rings (SSSR count). The zero-order valence-electron chi connectivity index (χ0n) is 18.9. The molecule has 0 spiro atoms. The van der Waals surface area contributed by atoms with E-state index in [1.54, 1.807) is 36.2 Å². The minimum Gasteiger partial charge on any atom is -0.497 e. The molecule has 0 radical (unpaired) electrons. The number of benzene rings is 3. The number of thiocarbonyl (C=S) groups is 1. The fourth-order valence-corrected chi connectivity index (χ4v) is 3.48. The largest absolute Gasteiger partial charge is 0.497 e. The van der Waals surface area contributed by atoms with E-state index < -0.39 is 5.91 Å². The van der Waals surface area contributed by atoms with Crippen molar-refractivity contribution in [2.24, 2.45) is 0 Å². The number of rotatable bonds is 7. The Hall–Kier alpha value is -4.18. The molecule has 9 nitrogen and oxygen atoms in total. The Morgan fingerprint density at radius 3 is 2.38 bits per heavy atom. The Kier molecular flexibility index (Phi) is 6.88. The van der Waals surface area contributed by atoms with Gasteiger partial charge in [0.25, 0.3) is 5.91 Å². The summed E-state index contributed by atoms with van der Waals surface area (Å²) in [6, 6.07) is 17.9. The third-order valence-electron chi connectivity index (χ3n) is 4.90. The number of carbonyl (C=O) groups is 1. The molecule has 10 heteroatoms. The molecule has 4 aromatic rings. The summed E-state index contributed by atoms with van der Waals surface area (Å²) in [5.74, 6) is 1.35. The topological polar surface area (TPSA) is 99.5 Å². The highest BCUT2D eigenvalue weighted by molar-refractivity contribution is 7.80. The number of hydrogen-bond donors (Lipinski definition) is 2. The van der Waals surface area contributed by atoms with Crippen molar-refractivity contribution in [3.8, 4) is 22.9 Å². The van der Waals surface area contributed by atoms with Crippen molar-refractivity contribution in [1.29, 1.82) is 0 Å². The van der Waals surface area contributed by atoms with E-state index in [2.05, 4.69) is 20.8 Å². The molecule has 2 N–H and O–H groups in total. The van der Waals surface area contributed by atoms with Crippen LogP contribution in [0.1, 0.15) is 17.3 Å². The van der Waals surface area contributed by atoms with Gasteiger partial charge in [0.1, 0.15) is 28.3 Å². The zero-order valence-corrected chi connectivity index (χ0v) is 19.7. The number of amides is 1. The first kappa shape index (κ1) is 23.0. The van der Waals surface area contributed by atoms with Gasteiger partial charge < -0.3 is 19.5 Å². The van der Waals surface area contributed by atoms with E-state index in [0.717, 1.165) is 17.0 Å². The molecular formula is C24H23N5O4S. The summed E-state index contributed by atoms with van der Waals surface area (Å²) in [5, 5.41) is 14.9. The van der Waals surface area contributed by atoms with Crippen molar-refractivity contribution in [1.82, 2.24) is 20.3 Å². The van der Waals surface area contributed by atoms with E-state index in [-0.39, 0.29) is 5.11 Å². The van der Waals surface area contributed by atoms with Gasteiger partial charge in [0.05, 0.1) is 32.1 Å². The first-order chi connectivity index (χ1) is 16.5. The van der Waals surface area contributed by atoms with Crippen LogP contribution in [0.3, 0.4) is 0 Å². The lowest BCUT2D eigenvalue weighted by Gasteiger charge is -2.12. The third-order valence-corrected chi connectivity index (χ3v) is 5.10. The number of nitrogens with one attached hydrogen (secondary N) is 2. The van der Waals surface area contributed by atoms with Crippen molar-refractivity contribution in [3.05, 3.63) is 66.2 Å². The standard InChI is InChI=1S/C24H23N5O4S/c1-4-33-17-8-6-16(7-9-17)29-27-20-12-5-15(13-21(20)28-29)25-24(34)26-23(30)19-11-10-18(31-2)14-22(19)32-3/h5-14H,4H2,1-3H3,(H2,25,26,30,34). The van der Waals surface area contributed by atoms with E-state index in [0.29, 0.717) is 34.9 Å². The van der Waals surface area contributed by atoms with E-state index in [1.165, 1.54) is 7.11 Å². The van der Waals surface area contributed by atoms with Crippen LogP contribution >= 0.6 is 12.2 Å². The van der Waals surface area contributed by atoms with Crippen LogP contribution < -0.4 is 24.8 Å². The maximum atomic E-state index is 12.7. The maximum Gasteiger partial charge on any atom is 0.261 e. The molecule has 174 valence electrons. The Morgan fingerprint density at radius 2 is 1.68 bits per heavy atom. The van der Waals surface area contributed by atoms with Crippen molar-refractivity contribution in [2.45, 2.75) is 6.92 Å². The van der Waals surface area contributed by atoms with Gasteiger partial charge in [-0.2, -0.15) is 4.80 Å². The smallest absolute Gasteiger partial charge is 0.261 e. The molecule has 0 unspecified atom stereocenters. The Balaban J connectivity index is 1.46. The summed E-state index contributed by atoms with van der Waals surface area (Å²) in [6.45, 7) is 2.54. The molecule has 0 saturated carbocycles. The van der Waals surface area contributed by atoms with Crippen LogP contribution in [-0.4, -0.2) is 46.8 Å². The van der Waals surface area contributed by atoms with Crippen LogP contribution in [0.5, 0.6) is 17.2 Å². The highest BCUT2D eigenvalue weighted by Crippen LogP contribution is 2.24. The molecule has 0 fully saturated rings. The first-order valence-electron chi connectivity index (χ1n) is 10.5. The second kappa shape index (κ2) is 10.2. The number of anilines is 1. The second-order valence-corrected chi connectivity index (χ2v) is 7.50. The van der Waals surface area contributed by atoms with Crippen LogP contribution in [0.15, 0.2) is 60.7 Å². The number of methoxy groups -OCH3 is 2. The summed E-state index contributed by atoms with van der Waals surface area (Å²) < 4.78 is 15.9. The fraction of sp³-hybridized carbons (Fsp3) is 0.167. The van der Waals surface area contributed by atoms with Crippen LogP contribution in [-0.2, 0) is 0 Å². The average Bonchev–Trinajstić information content (AvgIpc) is 3.27. The Labute approximate surface area is 201 Å². The monoisotopic (exact) mass is 477 g/mol. The molecule has 0 aliphatic carbocycles. The molecule has 34 heavy (non-hydrogen) atoms. The van der Waals surface area contributed by atoms with Gasteiger partial charge in [0.15, 0.2) is 5.11 Å². The van der Waals surface area contributed by atoms with Crippen LogP contribution in [0.25, 0.3) is 16.7 Å². The first-order valence-corrected chi connectivity index (χ1v) is 10.9. The van der Waals surface area contributed by atoms with Crippen molar-refractivity contribution < 1.29 is 19.0 Å². The number of carbonyl (C=O) groups excluding carboxylic acids is 1. The number of nitrogens with zero attached hydrogens (tertiary/aromatic N) is 3. The number of aromatic nitrogens is 3. The summed E-state index contributed by atoms with van der Waals surface area (Å²) in [4.78, 5) is 14.2. The quantitative estimate of drug-likeness (QED) is 0.386. The molecule has 0 bridgehead atoms. The lowest BCUT2D eigenvalue weighted by molar-refractivity contribution is 0.0974. The van der Waals surface area contributed by atoms with Gasteiger partial charge in [-0.05, 0) is 73.7 Å². The van der Waals surface area contributed by atoms with Crippen molar-refractivity contribution in [3.63, 3.8) is 0 Å². The van der Waals surface area contributed by atoms with Gasteiger partial charge in [0, 0.05) is 11.8 Å². The van der Waals surface area contributed by atoms with E-state index >= 15 is 0 Å². The SMILES string of the molecule is CCOc1ccc(-n2nc3ccc(NC(=S)NC(=O)c4ccc(OC)cc4OC)cc3n2)cc1. The summed E-state index contributed by atoms with van der Waals surface area (Å²) in [5.41, 5.74) is 3.20. The molecule has 0 saturated heterocycles. The summed E-state index contributed by atoms with van der Waals surface area (Å²) in [7, 11) is 3.03. The van der Waals surface area contributed by atoms with Gasteiger partial charge in [-0.15, -0.1) is 10.2 Å². The lowest BCUT2D eigenvalue weighted by Crippen LogP contribution is -2.34. The summed E-state index contributed by atoms with van der Waals surface area (Å²) in [6.07, 6.45) is 0. The van der Waals surface area contributed by atoms with Gasteiger partial charge in [-0.1, -0.05) is 0 Å². The van der Waals surface area contributed by atoms with Gasteiger partial charge in [0.2, 0.25) is 0 Å². The molecule has 0 aliphatic heterocycles. The van der Waals surface area contributed by atoms with Crippen LogP contribution in [0, 0.1) is 0 Å². The highest BCUT2D eigenvalue weighted by atomic mass is 32.1. The van der Waals surface area contributed by atoms with Gasteiger partial charge in [-0.25, -0.2) is 0 Å². The lowest BCUT2D eigenvalue weighted by atomic mass is 10.2. The van der Waals surface area contributed by atoms with Crippen LogP contribution in [0.4, 0.5) is 5.69 Å². The van der Waals surface area contributed by atoms with Gasteiger partial charge >= 0.3 is 0 Å². The molecule has 1 heterocycles. The fourth-order valence-electron chi connectivity index (χ4n) is 3.27. The average molecular weight is 478 g/mol. The molecular weight excluding hydrogens is 454 g/mol. The van der Waals surface area contributed by atoms with Crippen molar-refractivity contribution in [2.75, 3.05) is 26.1 Å². The van der Waals surface area contributed by atoms with Crippen molar-refractivity contribution >= 4 is 40.0 Å². The van der Waals surface area contributed by atoms with Crippen LogP contribution in [0.2, 0.25) is 0 Å². The molecule has 1 amide bonds. The van der Waals surface area contributed by atoms with E-state index in [4.69, 9.17) is 26.4 Å². The van der Waals surface area contributed by atoms with E-state index in [1.807, 2.05) is 43.3 Å². The highest BCUT2D eigenvalue weighted by Gasteiger charge is 2.15. The second-order valence-electron chi connectivity index (χ2n) is 7.09. The Morgan fingerprint density at radius 1 is 0.941 bits per heavy atom. The van der Waals surface area contributed by atoms with Gasteiger partial charge in [-0.3, -0.25) is 10.1 Å². The maximum absolute atomic E-state index is 12.7. The number of ether oxygens (including phenoxy) is 3.